The number of nitrogens with one attached hydrogen (secondary N) is 1. The van der Waals surface area contributed by atoms with Crippen LogP contribution in [0.1, 0.15) is 19.8 Å². The van der Waals surface area contributed by atoms with Gasteiger partial charge in [-0.1, -0.05) is 13.3 Å². The molecule has 0 bridgehead atoms. The Bertz CT molecular complexity index is 232. The molecular formula is C8H11F3N2O. The molecule has 0 radical (unpaired) electrons. The predicted octanol–water partition coefficient (Wildman–Crippen LogP) is 1.60. The number of hydrogen-bond acceptors (Lipinski definition) is 2. The second kappa shape index (κ2) is 5.47. The molecule has 0 fully saturated rings. The fraction of sp³-hybridized carbons (Fsp3) is 0.750. The Balaban J connectivity index is 4.01. The lowest BCUT2D eigenvalue weighted by Gasteiger charge is -2.10. The lowest BCUT2D eigenvalue weighted by Crippen LogP contribution is -2.37. The van der Waals surface area contributed by atoms with E-state index in [1.54, 1.807) is 18.3 Å². The van der Waals surface area contributed by atoms with Crippen LogP contribution in [-0.2, 0) is 4.79 Å². The fourth-order valence-corrected chi connectivity index (χ4v) is 0.853. The first kappa shape index (κ1) is 12.8. The van der Waals surface area contributed by atoms with E-state index in [0.717, 1.165) is 0 Å². The molecule has 0 aromatic rings. The summed E-state index contributed by atoms with van der Waals surface area (Å²) in [6.45, 7) is 0.370. The third-order valence-electron chi connectivity index (χ3n) is 1.51. The van der Waals surface area contributed by atoms with Crippen molar-refractivity contribution in [3.8, 4) is 6.07 Å². The van der Waals surface area contributed by atoms with E-state index >= 15 is 0 Å². The number of amides is 1. The third-order valence-corrected chi connectivity index (χ3v) is 1.51. The second-order valence-corrected chi connectivity index (χ2v) is 2.80. The van der Waals surface area contributed by atoms with Gasteiger partial charge in [0.15, 0.2) is 0 Å². The topological polar surface area (TPSA) is 52.9 Å². The van der Waals surface area contributed by atoms with Gasteiger partial charge < -0.3 is 5.32 Å². The molecule has 0 heterocycles. The van der Waals surface area contributed by atoms with E-state index in [4.69, 9.17) is 5.26 Å². The molecule has 0 aliphatic carbocycles. The molecule has 0 aliphatic rings. The maximum atomic E-state index is 11.7. The zero-order valence-corrected chi connectivity index (χ0v) is 7.69. The van der Waals surface area contributed by atoms with Gasteiger partial charge >= 0.3 is 6.18 Å². The van der Waals surface area contributed by atoms with Crippen LogP contribution in [0.3, 0.4) is 0 Å². The minimum absolute atomic E-state index is 0.278. The Morgan fingerprint density at radius 2 is 2.14 bits per heavy atom. The molecule has 3 nitrogen and oxygen atoms in total. The van der Waals surface area contributed by atoms with E-state index in [1.807, 2.05) is 0 Å². The smallest absolute Gasteiger partial charge is 0.346 e. The van der Waals surface area contributed by atoms with Crippen LogP contribution in [0.15, 0.2) is 0 Å². The third kappa shape index (κ3) is 5.41. The van der Waals surface area contributed by atoms with Gasteiger partial charge in [-0.05, 0) is 6.42 Å². The standard InChI is InChI=1S/C8H11F3N2O/c1-2-3-6(4-12)7(14)13-5-8(9,10)11/h6H,2-3,5H2,1H3,(H,13,14). The molecule has 0 aromatic heterocycles. The molecule has 14 heavy (non-hydrogen) atoms. The Labute approximate surface area is 79.9 Å². The van der Waals surface area contributed by atoms with Crippen molar-refractivity contribution in [2.45, 2.75) is 25.9 Å². The summed E-state index contributed by atoms with van der Waals surface area (Å²) in [5.74, 6) is -1.84. The van der Waals surface area contributed by atoms with Crippen molar-refractivity contribution in [1.82, 2.24) is 5.32 Å². The lowest BCUT2D eigenvalue weighted by atomic mass is 10.1. The highest BCUT2D eigenvalue weighted by Crippen LogP contribution is 2.13. The summed E-state index contributed by atoms with van der Waals surface area (Å²) >= 11 is 0. The number of carbonyl (C=O) groups is 1. The van der Waals surface area contributed by atoms with E-state index in [1.165, 1.54) is 0 Å². The summed E-state index contributed by atoms with van der Waals surface area (Å²) in [6.07, 6.45) is -3.57. The first-order chi connectivity index (χ1) is 6.40. The second-order valence-electron chi connectivity index (χ2n) is 2.80. The van der Waals surface area contributed by atoms with Gasteiger partial charge in [0.05, 0.1) is 6.07 Å². The van der Waals surface area contributed by atoms with Gasteiger partial charge in [0, 0.05) is 0 Å². The quantitative estimate of drug-likeness (QED) is 0.762. The average molecular weight is 208 g/mol. The van der Waals surface area contributed by atoms with Gasteiger partial charge in [0.2, 0.25) is 5.91 Å². The van der Waals surface area contributed by atoms with Crippen LogP contribution >= 0.6 is 0 Å². The predicted molar refractivity (Wildman–Crippen MR) is 43.1 cm³/mol. The van der Waals surface area contributed by atoms with E-state index in [2.05, 4.69) is 0 Å². The SMILES string of the molecule is CCCC(C#N)C(=O)NCC(F)(F)F. The van der Waals surface area contributed by atoms with Crippen molar-refractivity contribution in [2.24, 2.45) is 5.92 Å². The van der Waals surface area contributed by atoms with Gasteiger partial charge in [0.25, 0.3) is 0 Å². The highest BCUT2D eigenvalue weighted by atomic mass is 19.4. The number of nitriles is 1. The summed E-state index contributed by atoms with van der Waals surface area (Å²) in [5, 5.41) is 10.1. The van der Waals surface area contributed by atoms with Crippen molar-refractivity contribution < 1.29 is 18.0 Å². The normalized spacial score (nSPS) is 13.1. The number of hydrogen-bond donors (Lipinski definition) is 1. The molecule has 0 saturated heterocycles. The molecule has 6 heteroatoms. The lowest BCUT2D eigenvalue weighted by molar-refractivity contribution is -0.139. The Morgan fingerprint density at radius 3 is 2.50 bits per heavy atom. The Hall–Kier alpha value is -1.25. The molecule has 0 rings (SSSR count). The van der Waals surface area contributed by atoms with Crippen molar-refractivity contribution in [1.29, 1.82) is 5.26 Å². The minimum atomic E-state index is -4.43. The first-order valence-electron chi connectivity index (χ1n) is 4.14. The number of alkyl halides is 3. The highest BCUT2D eigenvalue weighted by Gasteiger charge is 2.29. The van der Waals surface area contributed by atoms with Crippen molar-refractivity contribution in [2.75, 3.05) is 6.54 Å². The van der Waals surface area contributed by atoms with Crippen LogP contribution in [-0.4, -0.2) is 18.6 Å². The molecule has 1 atom stereocenters. The Kier molecular flexibility index (Phi) is 4.99. The van der Waals surface area contributed by atoms with Gasteiger partial charge in [-0.25, -0.2) is 0 Å². The zero-order chi connectivity index (χ0) is 11.2. The Morgan fingerprint density at radius 1 is 1.57 bits per heavy atom. The zero-order valence-electron chi connectivity index (χ0n) is 7.69. The van der Waals surface area contributed by atoms with Crippen LogP contribution in [0.5, 0.6) is 0 Å². The molecular weight excluding hydrogens is 197 g/mol. The van der Waals surface area contributed by atoms with E-state index in [9.17, 15) is 18.0 Å². The van der Waals surface area contributed by atoms with Crippen LogP contribution in [0.25, 0.3) is 0 Å². The number of halogens is 3. The highest BCUT2D eigenvalue weighted by molar-refractivity contribution is 5.80. The minimum Gasteiger partial charge on any atom is -0.346 e. The number of rotatable bonds is 4. The van der Waals surface area contributed by atoms with Gasteiger partial charge in [-0.2, -0.15) is 18.4 Å². The number of nitrogens with zero attached hydrogens (tertiary/aromatic N) is 1. The molecule has 0 aromatic carbocycles. The molecule has 0 aliphatic heterocycles. The van der Waals surface area contributed by atoms with E-state index in [0.29, 0.717) is 6.42 Å². The van der Waals surface area contributed by atoms with Gasteiger partial charge in [-0.15, -0.1) is 0 Å². The van der Waals surface area contributed by atoms with Crippen LogP contribution in [0.4, 0.5) is 13.2 Å². The maximum absolute atomic E-state index is 11.7. The van der Waals surface area contributed by atoms with E-state index in [-0.39, 0.29) is 6.42 Å². The summed E-state index contributed by atoms with van der Waals surface area (Å²) in [5.41, 5.74) is 0. The molecule has 1 unspecified atom stereocenters. The summed E-state index contributed by atoms with van der Waals surface area (Å²) in [4.78, 5) is 11.0. The first-order valence-corrected chi connectivity index (χ1v) is 4.14. The molecule has 0 spiro atoms. The summed E-state index contributed by atoms with van der Waals surface area (Å²) in [7, 11) is 0. The molecule has 80 valence electrons. The van der Waals surface area contributed by atoms with Crippen molar-refractivity contribution >= 4 is 5.91 Å². The maximum Gasteiger partial charge on any atom is 0.405 e. The van der Waals surface area contributed by atoms with Crippen LogP contribution < -0.4 is 5.32 Å². The van der Waals surface area contributed by atoms with Crippen molar-refractivity contribution in [3.05, 3.63) is 0 Å². The average Bonchev–Trinajstić information content (AvgIpc) is 2.09. The van der Waals surface area contributed by atoms with E-state index < -0.39 is 24.5 Å². The van der Waals surface area contributed by atoms with Crippen LogP contribution in [0.2, 0.25) is 0 Å². The van der Waals surface area contributed by atoms with Crippen LogP contribution in [0, 0.1) is 17.2 Å². The largest absolute Gasteiger partial charge is 0.405 e. The molecule has 1 amide bonds. The monoisotopic (exact) mass is 208 g/mol. The fourth-order valence-electron chi connectivity index (χ4n) is 0.853. The number of carbonyl (C=O) groups excluding carboxylic acids is 1. The van der Waals surface area contributed by atoms with Crippen molar-refractivity contribution in [3.63, 3.8) is 0 Å². The van der Waals surface area contributed by atoms with Gasteiger partial charge in [-0.3, -0.25) is 4.79 Å². The summed E-state index contributed by atoms with van der Waals surface area (Å²) < 4.78 is 35.0. The summed E-state index contributed by atoms with van der Waals surface area (Å²) in [6, 6.07) is 1.66. The molecule has 0 saturated carbocycles. The molecule has 1 N–H and O–H groups in total. The van der Waals surface area contributed by atoms with Gasteiger partial charge in [0.1, 0.15) is 12.5 Å².